The van der Waals surface area contributed by atoms with E-state index in [0.717, 1.165) is 22.4 Å². The molecule has 0 bridgehead atoms. The lowest BCUT2D eigenvalue weighted by Gasteiger charge is -2.37. The number of hydrogen-bond donors (Lipinski definition) is 1. The van der Waals surface area contributed by atoms with Gasteiger partial charge in [-0.2, -0.15) is 5.10 Å². The van der Waals surface area contributed by atoms with E-state index < -0.39 is 6.04 Å². The summed E-state index contributed by atoms with van der Waals surface area (Å²) in [6.45, 7) is 6.48. The molecular formula is C25H29N5O2. The van der Waals surface area contributed by atoms with Crippen molar-refractivity contribution in [2.45, 2.75) is 52.2 Å². The first-order chi connectivity index (χ1) is 15.4. The number of carbonyl (C=O) groups is 2. The van der Waals surface area contributed by atoms with Crippen LogP contribution in [0.5, 0.6) is 0 Å². The fourth-order valence-corrected chi connectivity index (χ4v) is 4.14. The second kappa shape index (κ2) is 9.34. The summed E-state index contributed by atoms with van der Waals surface area (Å²) in [5, 5.41) is 7.25. The zero-order chi connectivity index (χ0) is 22.7. The highest BCUT2D eigenvalue weighted by Crippen LogP contribution is 2.26. The van der Waals surface area contributed by atoms with Gasteiger partial charge < -0.3 is 10.2 Å². The molecule has 2 atom stereocenters. The number of fused-ring (bicyclic) bond motifs is 1. The monoisotopic (exact) mass is 431 g/mol. The minimum atomic E-state index is -0.506. The molecule has 0 fully saturated rings. The summed E-state index contributed by atoms with van der Waals surface area (Å²) in [7, 11) is 0. The lowest BCUT2D eigenvalue weighted by Crippen LogP contribution is -2.53. The Morgan fingerprint density at radius 2 is 1.78 bits per heavy atom. The molecule has 4 rings (SSSR count). The zero-order valence-electron chi connectivity index (χ0n) is 18.7. The summed E-state index contributed by atoms with van der Waals surface area (Å²) in [5.41, 5.74) is 4.13. The Labute approximate surface area is 188 Å². The highest BCUT2D eigenvalue weighted by atomic mass is 16.2. The summed E-state index contributed by atoms with van der Waals surface area (Å²) in [5.74, 6) is 0.148. The van der Waals surface area contributed by atoms with Gasteiger partial charge >= 0.3 is 0 Å². The molecule has 0 saturated heterocycles. The van der Waals surface area contributed by atoms with Gasteiger partial charge in [-0.25, -0.2) is 9.67 Å². The van der Waals surface area contributed by atoms with Crippen LogP contribution in [0.3, 0.4) is 0 Å². The second-order valence-electron chi connectivity index (χ2n) is 8.77. The Balaban J connectivity index is 1.50. The number of rotatable bonds is 6. The Kier molecular flexibility index (Phi) is 6.35. The van der Waals surface area contributed by atoms with Gasteiger partial charge in [0.1, 0.15) is 18.7 Å². The molecule has 3 aromatic rings. The number of carbonyl (C=O) groups excluding carboxylic acids is 2. The van der Waals surface area contributed by atoms with Gasteiger partial charge in [0.15, 0.2) is 0 Å². The van der Waals surface area contributed by atoms with E-state index in [9.17, 15) is 9.59 Å². The lowest BCUT2D eigenvalue weighted by atomic mass is 9.92. The van der Waals surface area contributed by atoms with Gasteiger partial charge in [0.25, 0.3) is 0 Å². The van der Waals surface area contributed by atoms with E-state index in [1.54, 1.807) is 15.9 Å². The van der Waals surface area contributed by atoms with Gasteiger partial charge in [0, 0.05) is 19.4 Å². The molecule has 7 nitrogen and oxygen atoms in total. The third-order valence-electron chi connectivity index (χ3n) is 5.89. The van der Waals surface area contributed by atoms with Crippen LogP contribution in [0.25, 0.3) is 5.69 Å². The first kappa shape index (κ1) is 21.7. The minimum Gasteiger partial charge on any atom is -0.348 e. The van der Waals surface area contributed by atoms with E-state index in [0.29, 0.717) is 19.4 Å². The number of amides is 2. The fraction of sp³-hybridized carbons (Fsp3) is 0.360. The van der Waals surface area contributed by atoms with Crippen LogP contribution in [-0.2, 0) is 22.6 Å². The summed E-state index contributed by atoms with van der Waals surface area (Å²) in [4.78, 5) is 32.0. The maximum absolute atomic E-state index is 13.3. The molecule has 1 aliphatic rings. The number of nitrogens with one attached hydrogen (secondary N) is 1. The van der Waals surface area contributed by atoms with E-state index in [4.69, 9.17) is 0 Å². The summed E-state index contributed by atoms with van der Waals surface area (Å²) < 4.78 is 1.69. The molecule has 0 spiro atoms. The fourth-order valence-electron chi connectivity index (χ4n) is 4.14. The molecule has 0 aliphatic carbocycles. The topological polar surface area (TPSA) is 80.1 Å². The zero-order valence-corrected chi connectivity index (χ0v) is 18.7. The molecule has 2 heterocycles. The maximum atomic E-state index is 13.3. The van der Waals surface area contributed by atoms with Crippen LogP contribution in [-0.4, -0.2) is 37.5 Å². The van der Waals surface area contributed by atoms with Gasteiger partial charge in [-0.15, -0.1) is 0 Å². The number of hydrogen-bond acceptors (Lipinski definition) is 4. The Hall–Kier alpha value is -3.48. The van der Waals surface area contributed by atoms with E-state index in [-0.39, 0.29) is 23.8 Å². The largest absolute Gasteiger partial charge is 0.348 e. The molecule has 7 heteroatoms. The van der Waals surface area contributed by atoms with Gasteiger partial charge in [0.05, 0.1) is 11.7 Å². The molecule has 0 saturated carbocycles. The standard InChI is InChI=1S/C25H29N5O2/c1-17(2)12-24(31)29-14-21-7-5-4-6-20(21)13-23(29)25(32)28-18(3)19-8-10-22(11-9-19)30-16-26-15-27-30/h4-11,15-18,23H,12-14H2,1-3H3,(H,28,32). The molecule has 2 amide bonds. The first-order valence-electron chi connectivity index (χ1n) is 11.0. The molecule has 1 aliphatic heterocycles. The molecule has 1 aromatic heterocycles. The van der Waals surface area contributed by atoms with Gasteiger partial charge in [0.2, 0.25) is 11.8 Å². The van der Waals surface area contributed by atoms with Crippen molar-refractivity contribution in [3.05, 3.63) is 77.9 Å². The van der Waals surface area contributed by atoms with Crippen molar-refractivity contribution in [3.63, 3.8) is 0 Å². The Morgan fingerprint density at radius 3 is 2.44 bits per heavy atom. The van der Waals surface area contributed by atoms with Crippen LogP contribution in [0.4, 0.5) is 0 Å². The smallest absolute Gasteiger partial charge is 0.243 e. The quantitative estimate of drug-likeness (QED) is 0.648. The second-order valence-corrected chi connectivity index (χ2v) is 8.77. The highest BCUT2D eigenvalue weighted by molar-refractivity contribution is 5.88. The van der Waals surface area contributed by atoms with Crippen molar-refractivity contribution in [2.75, 3.05) is 0 Å². The lowest BCUT2D eigenvalue weighted by molar-refractivity contribution is -0.142. The third-order valence-corrected chi connectivity index (χ3v) is 5.89. The summed E-state index contributed by atoms with van der Waals surface area (Å²) >= 11 is 0. The van der Waals surface area contributed by atoms with Gasteiger partial charge in [-0.1, -0.05) is 50.2 Å². The van der Waals surface area contributed by atoms with Crippen LogP contribution < -0.4 is 5.32 Å². The third kappa shape index (κ3) is 4.72. The van der Waals surface area contributed by atoms with Crippen molar-refractivity contribution in [1.29, 1.82) is 0 Å². The van der Waals surface area contributed by atoms with Crippen molar-refractivity contribution < 1.29 is 9.59 Å². The van der Waals surface area contributed by atoms with Crippen molar-refractivity contribution in [1.82, 2.24) is 25.0 Å². The van der Waals surface area contributed by atoms with Crippen LogP contribution in [0.2, 0.25) is 0 Å². The number of nitrogens with zero attached hydrogens (tertiary/aromatic N) is 4. The van der Waals surface area contributed by atoms with Crippen LogP contribution in [0.1, 0.15) is 49.9 Å². The van der Waals surface area contributed by atoms with E-state index in [2.05, 4.69) is 15.4 Å². The van der Waals surface area contributed by atoms with Crippen molar-refractivity contribution in [2.24, 2.45) is 5.92 Å². The van der Waals surface area contributed by atoms with Crippen molar-refractivity contribution >= 4 is 11.8 Å². The predicted molar refractivity (Wildman–Crippen MR) is 122 cm³/mol. The highest BCUT2D eigenvalue weighted by Gasteiger charge is 2.35. The molecule has 166 valence electrons. The number of benzene rings is 2. The van der Waals surface area contributed by atoms with Gasteiger partial charge in [-0.05, 0) is 41.7 Å². The Bertz CT molecular complexity index is 1080. The normalized spacial score (nSPS) is 16.5. The summed E-state index contributed by atoms with van der Waals surface area (Å²) in [6, 6.07) is 15.2. The molecule has 32 heavy (non-hydrogen) atoms. The molecule has 2 unspecified atom stereocenters. The molecule has 0 radical (unpaired) electrons. The molecular weight excluding hydrogens is 402 g/mol. The van der Waals surface area contributed by atoms with Crippen molar-refractivity contribution in [3.8, 4) is 5.69 Å². The number of aromatic nitrogens is 3. The van der Waals surface area contributed by atoms with E-state index in [1.807, 2.05) is 69.3 Å². The van der Waals surface area contributed by atoms with Crippen LogP contribution >= 0.6 is 0 Å². The predicted octanol–water partition coefficient (Wildman–Crippen LogP) is 3.44. The van der Waals surface area contributed by atoms with E-state index >= 15 is 0 Å². The Morgan fingerprint density at radius 1 is 1.06 bits per heavy atom. The molecule has 1 N–H and O–H groups in total. The summed E-state index contributed by atoms with van der Waals surface area (Å²) in [6.07, 6.45) is 4.10. The first-order valence-corrected chi connectivity index (χ1v) is 11.0. The molecule has 2 aromatic carbocycles. The average molecular weight is 432 g/mol. The maximum Gasteiger partial charge on any atom is 0.243 e. The average Bonchev–Trinajstić information content (AvgIpc) is 3.32. The van der Waals surface area contributed by atoms with Crippen LogP contribution in [0.15, 0.2) is 61.2 Å². The minimum absolute atomic E-state index is 0.0273. The van der Waals surface area contributed by atoms with Gasteiger partial charge in [-0.3, -0.25) is 9.59 Å². The van der Waals surface area contributed by atoms with E-state index in [1.165, 1.54) is 6.33 Å². The van der Waals surface area contributed by atoms with Crippen LogP contribution in [0, 0.1) is 5.92 Å². The SMILES string of the molecule is CC(C)CC(=O)N1Cc2ccccc2CC1C(=O)NC(C)c1ccc(-n2cncn2)cc1.